The quantitative estimate of drug-likeness (QED) is 0.865. The van der Waals surface area contributed by atoms with E-state index in [0.29, 0.717) is 24.6 Å². The number of sulfonamides is 1. The van der Waals surface area contributed by atoms with Crippen LogP contribution in [0.4, 0.5) is 0 Å². The summed E-state index contributed by atoms with van der Waals surface area (Å²) in [7, 11) is -0.609. The van der Waals surface area contributed by atoms with Crippen molar-refractivity contribution in [3.8, 4) is 0 Å². The number of halogens is 1. The van der Waals surface area contributed by atoms with Crippen LogP contribution in [0, 0.1) is 5.92 Å². The van der Waals surface area contributed by atoms with Crippen molar-refractivity contribution in [1.82, 2.24) is 9.21 Å². The lowest BCUT2D eigenvalue weighted by Gasteiger charge is -2.38. The van der Waals surface area contributed by atoms with Crippen molar-refractivity contribution in [2.24, 2.45) is 11.7 Å². The predicted molar refractivity (Wildman–Crippen MR) is 96.8 cm³/mol. The zero-order chi connectivity index (χ0) is 17.2. The minimum atomic E-state index is -3.55. The number of nitrogens with zero attached hydrogens (tertiary/aromatic N) is 2. The van der Waals surface area contributed by atoms with Crippen LogP contribution in [0.2, 0.25) is 0 Å². The molecule has 2 N–H and O–H groups in total. The zero-order valence-electron chi connectivity index (χ0n) is 14.3. The van der Waals surface area contributed by atoms with E-state index in [1.807, 2.05) is 0 Å². The van der Waals surface area contributed by atoms with Crippen LogP contribution in [0.1, 0.15) is 30.1 Å². The van der Waals surface area contributed by atoms with Crippen LogP contribution in [0.15, 0.2) is 29.2 Å². The molecule has 0 aromatic heterocycles. The minimum absolute atomic E-state index is 0. The largest absolute Gasteiger partial charge is 0.334 e. The van der Waals surface area contributed by atoms with Gasteiger partial charge in [0.1, 0.15) is 0 Å². The summed E-state index contributed by atoms with van der Waals surface area (Å²) >= 11 is 0. The summed E-state index contributed by atoms with van der Waals surface area (Å²) in [6.07, 6.45) is 1.83. The van der Waals surface area contributed by atoms with Crippen molar-refractivity contribution in [3.05, 3.63) is 29.8 Å². The first-order valence-electron chi connectivity index (χ1n) is 7.81. The summed E-state index contributed by atoms with van der Waals surface area (Å²) in [5, 5.41) is 0. The Morgan fingerprint density at radius 2 is 2.04 bits per heavy atom. The SMILES string of the molecule is CC1CCN(C(=O)c2cccc(S(=O)(=O)N(C)C)c2)C(CN)C1.Cl. The van der Waals surface area contributed by atoms with Crippen molar-refractivity contribution >= 4 is 28.3 Å². The van der Waals surface area contributed by atoms with E-state index >= 15 is 0 Å². The van der Waals surface area contributed by atoms with E-state index in [9.17, 15) is 13.2 Å². The molecule has 8 heteroatoms. The normalized spacial score (nSPS) is 21.5. The van der Waals surface area contributed by atoms with Crippen LogP contribution in [0.5, 0.6) is 0 Å². The number of carbonyl (C=O) groups excluding carboxylic acids is 1. The first-order chi connectivity index (χ1) is 10.8. The van der Waals surface area contributed by atoms with Crippen molar-refractivity contribution in [1.29, 1.82) is 0 Å². The second-order valence-corrected chi connectivity index (χ2v) is 8.48. The molecule has 2 rings (SSSR count). The fraction of sp³-hybridized carbons (Fsp3) is 0.562. The van der Waals surface area contributed by atoms with Crippen LogP contribution < -0.4 is 5.73 Å². The monoisotopic (exact) mass is 375 g/mol. The van der Waals surface area contributed by atoms with Crippen LogP contribution >= 0.6 is 12.4 Å². The van der Waals surface area contributed by atoms with E-state index in [-0.39, 0.29) is 29.3 Å². The molecule has 136 valence electrons. The van der Waals surface area contributed by atoms with Gasteiger partial charge in [0.15, 0.2) is 0 Å². The lowest BCUT2D eigenvalue weighted by Crippen LogP contribution is -2.49. The van der Waals surface area contributed by atoms with Gasteiger partial charge in [-0.3, -0.25) is 4.79 Å². The van der Waals surface area contributed by atoms with Crippen LogP contribution in [0.25, 0.3) is 0 Å². The number of carbonyl (C=O) groups is 1. The number of hydrogen-bond acceptors (Lipinski definition) is 4. The maximum Gasteiger partial charge on any atom is 0.254 e. The van der Waals surface area contributed by atoms with Crippen molar-refractivity contribution < 1.29 is 13.2 Å². The van der Waals surface area contributed by atoms with Crippen molar-refractivity contribution in [2.75, 3.05) is 27.2 Å². The fourth-order valence-corrected chi connectivity index (χ4v) is 3.86. The molecule has 0 bridgehead atoms. The first-order valence-corrected chi connectivity index (χ1v) is 9.25. The molecule has 1 saturated heterocycles. The van der Waals surface area contributed by atoms with Gasteiger partial charge in [-0.1, -0.05) is 13.0 Å². The summed E-state index contributed by atoms with van der Waals surface area (Å²) in [6, 6.07) is 6.23. The Labute approximate surface area is 150 Å². The third kappa shape index (κ3) is 4.27. The van der Waals surface area contributed by atoms with E-state index < -0.39 is 10.0 Å². The number of nitrogens with two attached hydrogens (primary N) is 1. The molecular formula is C16H26ClN3O3S. The van der Waals surface area contributed by atoms with Crippen LogP contribution in [0.3, 0.4) is 0 Å². The highest BCUT2D eigenvalue weighted by molar-refractivity contribution is 7.89. The number of likely N-dealkylation sites (tertiary alicyclic amines) is 1. The van der Waals surface area contributed by atoms with E-state index in [4.69, 9.17) is 5.73 Å². The second kappa shape index (κ2) is 8.29. The van der Waals surface area contributed by atoms with E-state index in [2.05, 4.69) is 6.92 Å². The molecule has 1 fully saturated rings. The second-order valence-electron chi connectivity index (χ2n) is 6.33. The smallest absolute Gasteiger partial charge is 0.254 e. The molecule has 2 unspecified atom stereocenters. The minimum Gasteiger partial charge on any atom is -0.334 e. The van der Waals surface area contributed by atoms with Crippen LogP contribution in [-0.4, -0.2) is 56.8 Å². The Balaban J connectivity index is 0.00000288. The maximum atomic E-state index is 12.8. The van der Waals surface area contributed by atoms with Gasteiger partial charge in [-0.05, 0) is 37.0 Å². The predicted octanol–water partition coefficient (Wildman–Crippen LogP) is 1.56. The van der Waals surface area contributed by atoms with Gasteiger partial charge in [-0.2, -0.15) is 0 Å². The molecule has 1 aromatic carbocycles. The summed E-state index contributed by atoms with van der Waals surface area (Å²) in [5.41, 5.74) is 6.20. The number of amides is 1. The number of rotatable bonds is 4. The highest BCUT2D eigenvalue weighted by Gasteiger charge is 2.30. The van der Waals surface area contributed by atoms with Gasteiger partial charge in [0.05, 0.1) is 4.90 Å². The van der Waals surface area contributed by atoms with Gasteiger partial charge >= 0.3 is 0 Å². The number of piperidine rings is 1. The summed E-state index contributed by atoms with van der Waals surface area (Å²) in [5.74, 6) is 0.399. The van der Waals surface area contributed by atoms with Gasteiger partial charge in [0.2, 0.25) is 10.0 Å². The third-order valence-electron chi connectivity index (χ3n) is 4.37. The van der Waals surface area contributed by atoms with Gasteiger partial charge in [0.25, 0.3) is 5.91 Å². The molecule has 6 nitrogen and oxygen atoms in total. The Hall–Kier alpha value is -1.15. The number of benzene rings is 1. The van der Waals surface area contributed by atoms with Crippen molar-refractivity contribution in [2.45, 2.75) is 30.7 Å². The topological polar surface area (TPSA) is 83.7 Å². The summed E-state index contributed by atoms with van der Waals surface area (Å²) < 4.78 is 25.6. The van der Waals surface area contributed by atoms with Gasteiger partial charge in [-0.15, -0.1) is 12.4 Å². The standard InChI is InChI=1S/C16H25N3O3S.ClH/c1-12-7-8-19(14(9-12)11-17)16(20)13-5-4-6-15(10-13)23(21,22)18(2)3;/h4-6,10,12,14H,7-9,11,17H2,1-3H3;1H. The van der Waals surface area contributed by atoms with Gasteiger partial charge < -0.3 is 10.6 Å². The Morgan fingerprint density at radius 1 is 1.38 bits per heavy atom. The Bertz CT molecular complexity index is 679. The van der Waals surface area contributed by atoms with Crippen LogP contribution in [-0.2, 0) is 10.0 Å². The molecule has 0 aliphatic carbocycles. The summed E-state index contributed by atoms with van der Waals surface area (Å²) in [4.78, 5) is 14.7. The molecule has 1 heterocycles. The highest BCUT2D eigenvalue weighted by Crippen LogP contribution is 2.24. The lowest BCUT2D eigenvalue weighted by molar-refractivity contribution is 0.0573. The van der Waals surface area contributed by atoms with E-state index in [0.717, 1.165) is 17.1 Å². The summed E-state index contributed by atoms with van der Waals surface area (Å²) in [6.45, 7) is 3.24. The molecule has 2 atom stereocenters. The fourth-order valence-electron chi connectivity index (χ4n) is 2.91. The molecule has 0 spiro atoms. The molecule has 1 amide bonds. The first kappa shape index (κ1) is 20.9. The van der Waals surface area contributed by atoms with E-state index in [1.54, 1.807) is 17.0 Å². The van der Waals surface area contributed by atoms with E-state index in [1.165, 1.54) is 26.2 Å². The maximum absolute atomic E-state index is 12.8. The molecule has 0 radical (unpaired) electrons. The Morgan fingerprint density at radius 3 is 2.62 bits per heavy atom. The molecule has 1 aromatic rings. The van der Waals surface area contributed by atoms with Gasteiger partial charge in [-0.25, -0.2) is 12.7 Å². The van der Waals surface area contributed by atoms with Gasteiger partial charge in [0, 0.05) is 38.8 Å². The third-order valence-corrected chi connectivity index (χ3v) is 6.18. The lowest BCUT2D eigenvalue weighted by atomic mass is 9.92. The zero-order valence-corrected chi connectivity index (χ0v) is 15.9. The average molecular weight is 376 g/mol. The highest BCUT2D eigenvalue weighted by atomic mass is 35.5. The Kier molecular flexibility index (Phi) is 7.22. The van der Waals surface area contributed by atoms with Crippen molar-refractivity contribution in [3.63, 3.8) is 0 Å². The molecule has 24 heavy (non-hydrogen) atoms. The molecule has 1 aliphatic rings. The molecular weight excluding hydrogens is 350 g/mol. The number of hydrogen-bond donors (Lipinski definition) is 1. The molecule has 1 aliphatic heterocycles. The molecule has 0 saturated carbocycles. The average Bonchev–Trinajstić information content (AvgIpc) is 2.54.